The molecule has 5 heteroatoms. The van der Waals surface area contributed by atoms with Crippen molar-refractivity contribution in [1.29, 1.82) is 0 Å². The first-order valence-electron chi connectivity index (χ1n) is 6.42. The Morgan fingerprint density at radius 1 is 1.42 bits per heavy atom. The van der Waals surface area contributed by atoms with E-state index in [1.165, 1.54) is 0 Å². The van der Waals surface area contributed by atoms with Crippen molar-refractivity contribution in [2.75, 3.05) is 25.5 Å². The molecule has 0 heterocycles. The molecule has 0 radical (unpaired) electrons. The second-order valence-corrected chi connectivity index (χ2v) is 4.63. The van der Waals surface area contributed by atoms with Crippen molar-refractivity contribution in [2.45, 2.75) is 26.8 Å². The van der Waals surface area contributed by atoms with Crippen LogP contribution in [0.3, 0.4) is 0 Å². The summed E-state index contributed by atoms with van der Waals surface area (Å²) in [6.07, 6.45) is 0. The molecule has 1 aromatic rings. The lowest BCUT2D eigenvalue weighted by Crippen LogP contribution is -2.41. The van der Waals surface area contributed by atoms with E-state index in [1.54, 1.807) is 24.1 Å². The van der Waals surface area contributed by atoms with Crippen LogP contribution in [-0.4, -0.2) is 37.0 Å². The van der Waals surface area contributed by atoms with Gasteiger partial charge in [-0.2, -0.15) is 0 Å². The molecule has 0 fully saturated rings. The summed E-state index contributed by atoms with van der Waals surface area (Å²) < 4.78 is 5.09. The van der Waals surface area contributed by atoms with Crippen LogP contribution in [0.1, 0.15) is 20.8 Å². The minimum absolute atomic E-state index is 0.0805. The molecule has 1 atom stereocenters. The van der Waals surface area contributed by atoms with Crippen molar-refractivity contribution in [2.24, 2.45) is 0 Å². The van der Waals surface area contributed by atoms with E-state index in [2.05, 4.69) is 5.32 Å². The van der Waals surface area contributed by atoms with E-state index in [9.17, 15) is 4.79 Å². The van der Waals surface area contributed by atoms with Gasteiger partial charge in [0, 0.05) is 18.8 Å². The van der Waals surface area contributed by atoms with Gasteiger partial charge in [-0.15, -0.1) is 0 Å². The molecule has 0 saturated carbocycles. The monoisotopic (exact) mass is 284 g/mol. The second kappa shape index (κ2) is 7.24. The standard InChI is InChI=1S/C14H21ClN2O2/c1-5-17(6-2)14(18)10(3)16-11-7-8-13(19-4)12(15)9-11/h7-10,16H,5-6H2,1-4H3. The zero-order valence-electron chi connectivity index (χ0n) is 11.9. The first kappa shape index (κ1) is 15.6. The highest BCUT2D eigenvalue weighted by Crippen LogP contribution is 2.27. The number of hydrogen-bond donors (Lipinski definition) is 1. The number of likely N-dealkylation sites (N-methyl/N-ethyl adjacent to an activating group) is 1. The fourth-order valence-electron chi connectivity index (χ4n) is 1.88. The molecule has 0 aliphatic heterocycles. The Bertz CT molecular complexity index is 433. The van der Waals surface area contributed by atoms with E-state index in [0.29, 0.717) is 23.9 Å². The first-order chi connectivity index (χ1) is 9.03. The molecule has 0 aliphatic rings. The number of ether oxygens (including phenoxy) is 1. The molecule has 1 amide bonds. The fourth-order valence-corrected chi connectivity index (χ4v) is 2.13. The minimum Gasteiger partial charge on any atom is -0.495 e. The van der Waals surface area contributed by atoms with Gasteiger partial charge < -0.3 is 15.0 Å². The van der Waals surface area contributed by atoms with Gasteiger partial charge >= 0.3 is 0 Å². The average Bonchev–Trinajstić information content (AvgIpc) is 2.40. The Hall–Kier alpha value is -1.42. The van der Waals surface area contributed by atoms with Crippen LogP contribution in [0, 0.1) is 0 Å². The van der Waals surface area contributed by atoms with Crippen LogP contribution in [0.5, 0.6) is 5.75 Å². The smallest absolute Gasteiger partial charge is 0.244 e. The second-order valence-electron chi connectivity index (χ2n) is 4.23. The molecule has 0 saturated heterocycles. The maximum atomic E-state index is 12.1. The average molecular weight is 285 g/mol. The van der Waals surface area contributed by atoms with Crippen molar-refractivity contribution >= 4 is 23.2 Å². The zero-order valence-corrected chi connectivity index (χ0v) is 12.6. The molecule has 1 unspecified atom stereocenters. The number of nitrogens with one attached hydrogen (secondary N) is 1. The van der Waals surface area contributed by atoms with Crippen LogP contribution < -0.4 is 10.1 Å². The number of benzene rings is 1. The number of hydrogen-bond acceptors (Lipinski definition) is 3. The summed E-state index contributed by atoms with van der Waals surface area (Å²) >= 11 is 6.05. The van der Waals surface area contributed by atoms with Crippen LogP contribution in [0.15, 0.2) is 18.2 Å². The Labute approximate surface area is 119 Å². The number of carbonyl (C=O) groups excluding carboxylic acids is 1. The molecule has 0 bridgehead atoms. The van der Waals surface area contributed by atoms with E-state index in [-0.39, 0.29) is 11.9 Å². The van der Waals surface area contributed by atoms with Crippen molar-refractivity contribution in [3.05, 3.63) is 23.2 Å². The summed E-state index contributed by atoms with van der Waals surface area (Å²) in [5, 5.41) is 3.67. The first-order valence-corrected chi connectivity index (χ1v) is 6.80. The van der Waals surface area contributed by atoms with E-state index in [0.717, 1.165) is 5.69 Å². The van der Waals surface area contributed by atoms with Gasteiger partial charge in [0.05, 0.1) is 12.1 Å². The van der Waals surface area contributed by atoms with Crippen molar-refractivity contribution in [1.82, 2.24) is 4.90 Å². The van der Waals surface area contributed by atoms with E-state index >= 15 is 0 Å². The summed E-state index contributed by atoms with van der Waals surface area (Å²) in [5.41, 5.74) is 0.804. The summed E-state index contributed by atoms with van der Waals surface area (Å²) in [6.45, 7) is 7.21. The van der Waals surface area contributed by atoms with Gasteiger partial charge in [0.2, 0.25) is 5.91 Å². The van der Waals surface area contributed by atoms with Crippen LogP contribution in [0.25, 0.3) is 0 Å². The van der Waals surface area contributed by atoms with Gasteiger partial charge in [-0.1, -0.05) is 11.6 Å². The maximum absolute atomic E-state index is 12.1. The third-order valence-corrected chi connectivity index (χ3v) is 3.28. The molecule has 0 spiro atoms. The van der Waals surface area contributed by atoms with Crippen molar-refractivity contribution in [3.8, 4) is 5.75 Å². The summed E-state index contributed by atoms with van der Waals surface area (Å²) in [4.78, 5) is 13.9. The quantitative estimate of drug-likeness (QED) is 0.873. The van der Waals surface area contributed by atoms with Gasteiger partial charge in [-0.05, 0) is 39.0 Å². The highest BCUT2D eigenvalue weighted by atomic mass is 35.5. The van der Waals surface area contributed by atoms with Crippen LogP contribution in [0.2, 0.25) is 5.02 Å². The molecule has 4 nitrogen and oxygen atoms in total. The lowest BCUT2D eigenvalue weighted by atomic mass is 10.2. The lowest BCUT2D eigenvalue weighted by molar-refractivity contribution is -0.131. The number of halogens is 1. The maximum Gasteiger partial charge on any atom is 0.244 e. The molecular weight excluding hydrogens is 264 g/mol. The number of carbonyl (C=O) groups is 1. The number of methoxy groups -OCH3 is 1. The van der Waals surface area contributed by atoms with Crippen molar-refractivity contribution < 1.29 is 9.53 Å². The highest BCUT2D eigenvalue weighted by molar-refractivity contribution is 6.32. The zero-order chi connectivity index (χ0) is 14.4. The van der Waals surface area contributed by atoms with Crippen LogP contribution in [-0.2, 0) is 4.79 Å². The molecule has 0 aliphatic carbocycles. The Kier molecular flexibility index (Phi) is 5.96. The van der Waals surface area contributed by atoms with E-state index in [1.807, 2.05) is 26.8 Å². The summed E-state index contributed by atoms with van der Waals surface area (Å²) in [5.74, 6) is 0.701. The molecular formula is C14H21ClN2O2. The van der Waals surface area contributed by atoms with Crippen LogP contribution in [0.4, 0.5) is 5.69 Å². The predicted octanol–water partition coefficient (Wildman–Crippen LogP) is 3.02. The van der Waals surface area contributed by atoms with E-state index < -0.39 is 0 Å². The van der Waals surface area contributed by atoms with Crippen molar-refractivity contribution in [3.63, 3.8) is 0 Å². The lowest BCUT2D eigenvalue weighted by Gasteiger charge is -2.24. The van der Waals surface area contributed by atoms with E-state index in [4.69, 9.17) is 16.3 Å². The van der Waals surface area contributed by atoms with Gasteiger partial charge in [0.1, 0.15) is 11.8 Å². The largest absolute Gasteiger partial charge is 0.495 e. The number of rotatable bonds is 6. The number of nitrogens with zero attached hydrogens (tertiary/aromatic N) is 1. The molecule has 1 aromatic carbocycles. The highest BCUT2D eigenvalue weighted by Gasteiger charge is 2.18. The summed E-state index contributed by atoms with van der Waals surface area (Å²) in [6, 6.07) is 5.09. The predicted molar refractivity (Wildman–Crippen MR) is 79.0 cm³/mol. The SMILES string of the molecule is CCN(CC)C(=O)C(C)Nc1ccc(OC)c(Cl)c1. The number of anilines is 1. The molecule has 1 rings (SSSR count). The third-order valence-electron chi connectivity index (χ3n) is 2.98. The molecule has 0 aromatic heterocycles. The Morgan fingerprint density at radius 3 is 2.53 bits per heavy atom. The fraction of sp³-hybridized carbons (Fsp3) is 0.500. The third kappa shape index (κ3) is 4.03. The van der Waals surface area contributed by atoms with Gasteiger partial charge in [0.15, 0.2) is 0 Å². The van der Waals surface area contributed by atoms with Gasteiger partial charge in [-0.25, -0.2) is 0 Å². The topological polar surface area (TPSA) is 41.6 Å². The molecule has 1 N–H and O–H groups in total. The normalized spacial score (nSPS) is 11.8. The van der Waals surface area contributed by atoms with Gasteiger partial charge in [-0.3, -0.25) is 4.79 Å². The van der Waals surface area contributed by atoms with Gasteiger partial charge in [0.25, 0.3) is 0 Å². The summed E-state index contributed by atoms with van der Waals surface area (Å²) in [7, 11) is 1.57. The van der Waals surface area contributed by atoms with Crippen LogP contribution >= 0.6 is 11.6 Å². The molecule has 19 heavy (non-hydrogen) atoms. The molecule has 106 valence electrons. The number of amides is 1. The Balaban J connectivity index is 2.74. The Morgan fingerprint density at radius 2 is 2.05 bits per heavy atom. The minimum atomic E-state index is -0.288.